The van der Waals surface area contributed by atoms with Crippen LogP contribution >= 0.6 is 0 Å². The van der Waals surface area contributed by atoms with Crippen LogP contribution in [-0.4, -0.2) is 16.8 Å². The quantitative estimate of drug-likeness (QED) is 0.777. The van der Waals surface area contributed by atoms with Gasteiger partial charge in [0, 0.05) is 11.1 Å². The van der Waals surface area contributed by atoms with Crippen LogP contribution in [0.25, 0.3) is 0 Å². The van der Waals surface area contributed by atoms with Crippen molar-refractivity contribution >= 4 is 17.4 Å². The number of carbonyl (C=O) groups is 2. The number of hydrogen-bond donors (Lipinski definition) is 2. The molecular weight excluding hydrogens is 254 g/mol. The molecule has 1 heterocycles. The molecule has 1 aliphatic heterocycles. The van der Waals surface area contributed by atoms with E-state index in [0.29, 0.717) is 11.3 Å². The van der Waals surface area contributed by atoms with Crippen LogP contribution in [0.2, 0.25) is 0 Å². The number of hydrogen-bond acceptors (Lipinski definition) is 3. The lowest BCUT2D eigenvalue weighted by molar-refractivity contribution is -0.130. The first-order valence-corrected chi connectivity index (χ1v) is 6.28. The van der Waals surface area contributed by atoms with Crippen molar-refractivity contribution in [1.82, 2.24) is 0 Å². The zero-order valence-corrected chi connectivity index (χ0v) is 10.9. The zero-order chi connectivity index (χ0) is 14.3. The zero-order valence-electron chi connectivity index (χ0n) is 10.9. The molecule has 1 amide bonds. The van der Waals surface area contributed by atoms with E-state index in [1.54, 1.807) is 48.5 Å². The fourth-order valence-electron chi connectivity index (χ4n) is 2.41. The molecule has 4 nitrogen and oxygen atoms in total. The molecule has 0 saturated carbocycles. The summed E-state index contributed by atoms with van der Waals surface area (Å²) in [6.45, 7) is 1.85. The molecule has 0 radical (unpaired) electrons. The third-order valence-electron chi connectivity index (χ3n) is 3.52. The third kappa shape index (κ3) is 1.66. The number of carbonyl (C=O) groups excluding carboxylic acids is 2. The van der Waals surface area contributed by atoms with Gasteiger partial charge in [-0.25, -0.2) is 0 Å². The highest BCUT2D eigenvalue weighted by Gasteiger charge is 2.49. The second kappa shape index (κ2) is 4.28. The number of aliphatic hydroxyl groups is 1. The van der Waals surface area contributed by atoms with Crippen LogP contribution in [0, 0.1) is 6.92 Å². The minimum absolute atomic E-state index is 0.273. The van der Waals surface area contributed by atoms with Gasteiger partial charge in [-0.05, 0) is 19.1 Å². The Morgan fingerprint density at radius 3 is 2.45 bits per heavy atom. The molecule has 100 valence electrons. The third-order valence-corrected chi connectivity index (χ3v) is 3.52. The minimum Gasteiger partial charge on any atom is -0.369 e. The number of amides is 1. The summed E-state index contributed by atoms with van der Waals surface area (Å²) in [5, 5.41) is 13.3. The minimum atomic E-state index is -2.16. The topological polar surface area (TPSA) is 66.4 Å². The van der Waals surface area contributed by atoms with Crippen LogP contribution in [-0.2, 0) is 10.4 Å². The summed E-state index contributed by atoms with van der Waals surface area (Å²) in [6.07, 6.45) is 0. The van der Waals surface area contributed by atoms with E-state index in [4.69, 9.17) is 0 Å². The summed E-state index contributed by atoms with van der Waals surface area (Å²) in [6, 6.07) is 13.4. The Balaban J connectivity index is 2.20. The maximum absolute atomic E-state index is 12.6. The monoisotopic (exact) mass is 267 g/mol. The number of nitrogens with one attached hydrogen (secondary N) is 1. The summed E-state index contributed by atoms with van der Waals surface area (Å²) >= 11 is 0. The van der Waals surface area contributed by atoms with Gasteiger partial charge in [-0.3, -0.25) is 9.59 Å². The Morgan fingerprint density at radius 1 is 1.05 bits per heavy atom. The molecule has 2 N–H and O–H groups in total. The maximum Gasteiger partial charge on any atom is 0.269 e. The Labute approximate surface area is 116 Å². The van der Waals surface area contributed by atoms with E-state index in [-0.39, 0.29) is 5.56 Å². The molecule has 20 heavy (non-hydrogen) atoms. The van der Waals surface area contributed by atoms with E-state index in [0.717, 1.165) is 5.56 Å². The average Bonchev–Trinajstić information content (AvgIpc) is 2.47. The highest BCUT2D eigenvalue weighted by atomic mass is 16.3. The van der Waals surface area contributed by atoms with Gasteiger partial charge >= 0.3 is 0 Å². The highest BCUT2D eigenvalue weighted by molar-refractivity contribution is 6.26. The number of anilines is 1. The molecule has 0 fully saturated rings. The molecule has 1 aliphatic rings. The molecule has 0 aromatic heterocycles. The van der Waals surface area contributed by atoms with Crippen molar-refractivity contribution in [1.29, 1.82) is 0 Å². The molecule has 0 spiro atoms. The first kappa shape index (κ1) is 12.6. The molecule has 0 aliphatic carbocycles. The molecule has 1 atom stereocenters. The second-order valence-corrected chi connectivity index (χ2v) is 4.91. The Hall–Kier alpha value is -2.46. The van der Waals surface area contributed by atoms with Gasteiger partial charge in [0.25, 0.3) is 5.91 Å². The largest absolute Gasteiger partial charge is 0.369 e. The predicted molar refractivity (Wildman–Crippen MR) is 74.5 cm³/mol. The summed E-state index contributed by atoms with van der Waals surface area (Å²) in [5.74, 6) is -1.31. The maximum atomic E-state index is 12.6. The lowest BCUT2D eigenvalue weighted by atomic mass is 9.81. The van der Waals surface area contributed by atoms with Crippen molar-refractivity contribution in [2.24, 2.45) is 0 Å². The average molecular weight is 267 g/mol. The molecule has 4 heteroatoms. The fourth-order valence-corrected chi connectivity index (χ4v) is 2.41. The van der Waals surface area contributed by atoms with Gasteiger partial charge in [0.2, 0.25) is 11.4 Å². The SMILES string of the molecule is Cc1ccc2c(c1)C(=O)[C@](O)(c1ccccc1)C(=O)N2. The van der Waals surface area contributed by atoms with Crippen LogP contribution in [0.15, 0.2) is 48.5 Å². The van der Waals surface area contributed by atoms with Gasteiger partial charge in [0.15, 0.2) is 0 Å². The fraction of sp³-hybridized carbons (Fsp3) is 0.125. The van der Waals surface area contributed by atoms with Gasteiger partial charge in [-0.1, -0.05) is 42.0 Å². The van der Waals surface area contributed by atoms with E-state index >= 15 is 0 Å². The van der Waals surface area contributed by atoms with Gasteiger partial charge in [0.05, 0.1) is 5.69 Å². The second-order valence-electron chi connectivity index (χ2n) is 4.91. The first-order valence-electron chi connectivity index (χ1n) is 6.28. The van der Waals surface area contributed by atoms with Crippen molar-refractivity contribution in [3.05, 3.63) is 65.2 Å². The van der Waals surface area contributed by atoms with Crippen LogP contribution in [0.5, 0.6) is 0 Å². The molecule has 0 bridgehead atoms. The Kier molecular flexibility index (Phi) is 2.69. The molecule has 0 saturated heterocycles. The lowest BCUT2D eigenvalue weighted by Gasteiger charge is -2.31. The number of benzene rings is 2. The number of ketones is 1. The van der Waals surface area contributed by atoms with Crippen LogP contribution in [0.4, 0.5) is 5.69 Å². The van der Waals surface area contributed by atoms with E-state index in [2.05, 4.69) is 5.32 Å². The summed E-state index contributed by atoms with van der Waals surface area (Å²) in [5.41, 5.74) is -0.234. The van der Waals surface area contributed by atoms with E-state index in [1.165, 1.54) is 0 Å². The molecule has 0 unspecified atom stereocenters. The van der Waals surface area contributed by atoms with Crippen LogP contribution < -0.4 is 5.32 Å². The number of Topliss-reactive ketones (excluding diaryl/α,β-unsaturated/α-hetero) is 1. The standard InChI is InChI=1S/C16H13NO3/c1-10-7-8-13-12(9-10)14(18)16(20,15(19)17-13)11-5-3-2-4-6-11/h2-9,20H,1H3,(H,17,19)/t16-/m1/s1. The van der Waals surface area contributed by atoms with Crippen molar-refractivity contribution in [2.45, 2.75) is 12.5 Å². The van der Waals surface area contributed by atoms with Crippen molar-refractivity contribution < 1.29 is 14.7 Å². The number of fused-ring (bicyclic) bond motifs is 1. The van der Waals surface area contributed by atoms with Crippen molar-refractivity contribution in [2.75, 3.05) is 5.32 Å². The van der Waals surface area contributed by atoms with Gasteiger partial charge in [-0.15, -0.1) is 0 Å². The Bertz CT molecular complexity index is 709. The molecule has 2 aromatic carbocycles. The smallest absolute Gasteiger partial charge is 0.269 e. The Morgan fingerprint density at radius 2 is 1.75 bits per heavy atom. The van der Waals surface area contributed by atoms with Gasteiger partial charge < -0.3 is 10.4 Å². The van der Waals surface area contributed by atoms with Crippen LogP contribution in [0.1, 0.15) is 21.5 Å². The lowest BCUT2D eigenvalue weighted by Crippen LogP contribution is -2.50. The van der Waals surface area contributed by atoms with Crippen molar-refractivity contribution in [3.8, 4) is 0 Å². The summed E-state index contributed by atoms with van der Waals surface area (Å²) < 4.78 is 0. The van der Waals surface area contributed by atoms with Gasteiger partial charge in [-0.2, -0.15) is 0 Å². The van der Waals surface area contributed by atoms with Crippen molar-refractivity contribution in [3.63, 3.8) is 0 Å². The summed E-state index contributed by atoms with van der Waals surface area (Å²) in [4.78, 5) is 24.8. The summed E-state index contributed by atoms with van der Waals surface area (Å²) in [7, 11) is 0. The highest BCUT2D eigenvalue weighted by Crippen LogP contribution is 2.35. The number of rotatable bonds is 1. The number of aryl methyl sites for hydroxylation is 1. The first-order chi connectivity index (χ1) is 9.53. The van der Waals surface area contributed by atoms with Gasteiger partial charge in [0.1, 0.15) is 0 Å². The molecule has 3 rings (SSSR count). The molecule has 2 aromatic rings. The van der Waals surface area contributed by atoms with Crippen LogP contribution in [0.3, 0.4) is 0 Å². The van der Waals surface area contributed by atoms with E-state index in [9.17, 15) is 14.7 Å². The predicted octanol–water partition coefficient (Wildman–Crippen LogP) is 2.02. The normalized spacial score (nSPS) is 21.3. The van der Waals surface area contributed by atoms with E-state index < -0.39 is 17.3 Å². The van der Waals surface area contributed by atoms with E-state index in [1.807, 2.05) is 6.92 Å². The molecular formula is C16H13NO3.